The van der Waals surface area contributed by atoms with Crippen LogP contribution in [0, 0.1) is 5.82 Å². The van der Waals surface area contributed by atoms with Crippen molar-refractivity contribution < 1.29 is 13.9 Å². The first kappa shape index (κ1) is 15.5. The summed E-state index contributed by atoms with van der Waals surface area (Å²) in [5.41, 5.74) is 1.28. The third kappa shape index (κ3) is 3.61. The monoisotopic (exact) mass is 351 g/mol. The molecule has 2 aromatic carbocycles. The zero-order chi connectivity index (χ0) is 15.4. The van der Waals surface area contributed by atoms with E-state index in [2.05, 4.69) is 15.9 Å². The van der Waals surface area contributed by atoms with Gasteiger partial charge in [0.1, 0.15) is 11.6 Å². The van der Waals surface area contributed by atoms with Crippen LogP contribution < -0.4 is 4.74 Å². The summed E-state index contributed by atoms with van der Waals surface area (Å²) < 4.78 is 18.8. The molecular weight excluding hydrogens is 337 g/mol. The predicted molar refractivity (Wildman–Crippen MR) is 82.9 cm³/mol. The van der Waals surface area contributed by atoms with E-state index in [1.54, 1.807) is 25.1 Å². The first-order valence-corrected chi connectivity index (χ1v) is 7.14. The van der Waals surface area contributed by atoms with Gasteiger partial charge in [0, 0.05) is 13.6 Å². The Hall–Kier alpha value is -1.88. The molecule has 0 spiro atoms. The van der Waals surface area contributed by atoms with Gasteiger partial charge in [-0.25, -0.2) is 4.39 Å². The molecule has 0 aliphatic heterocycles. The van der Waals surface area contributed by atoms with Crippen LogP contribution in [0.3, 0.4) is 0 Å². The van der Waals surface area contributed by atoms with E-state index in [-0.39, 0.29) is 10.4 Å². The molecule has 0 saturated heterocycles. The summed E-state index contributed by atoms with van der Waals surface area (Å²) in [5, 5.41) is 0. The van der Waals surface area contributed by atoms with Crippen LogP contribution >= 0.6 is 15.9 Å². The quantitative estimate of drug-likeness (QED) is 0.836. The molecule has 0 N–H and O–H groups in total. The molecule has 5 heteroatoms. The number of rotatable bonds is 4. The van der Waals surface area contributed by atoms with Crippen molar-refractivity contribution in [2.24, 2.45) is 0 Å². The molecule has 0 atom stereocenters. The highest BCUT2D eigenvalue weighted by molar-refractivity contribution is 9.10. The van der Waals surface area contributed by atoms with Crippen molar-refractivity contribution >= 4 is 21.8 Å². The van der Waals surface area contributed by atoms with Crippen molar-refractivity contribution in [3.63, 3.8) is 0 Å². The average molecular weight is 352 g/mol. The number of halogens is 2. The number of methoxy groups -OCH3 is 1. The number of benzene rings is 2. The molecule has 2 aromatic rings. The molecule has 21 heavy (non-hydrogen) atoms. The maximum absolute atomic E-state index is 13.5. The van der Waals surface area contributed by atoms with Crippen LogP contribution in [0.15, 0.2) is 46.9 Å². The SMILES string of the molecule is COc1ccc(CN(C)C(=O)c2cccc(F)c2Br)cc1. The van der Waals surface area contributed by atoms with Gasteiger partial charge in [-0.05, 0) is 45.8 Å². The maximum atomic E-state index is 13.5. The van der Waals surface area contributed by atoms with E-state index in [1.165, 1.54) is 12.1 Å². The van der Waals surface area contributed by atoms with E-state index in [4.69, 9.17) is 4.74 Å². The second-order valence-electron chi connectivity index (χ2n) is 4.61. The van der Waals surface area contributed by atoms with Crippen LogP contribution in [0.1, 0.15) is 15.9 Å². The molecule has 0 aliphatic carbocycles. The van der Waals surface area contributed by atoms with Gasteiger partial charge in [0.05, 0.1) is 17.1 Å². The Morgan fingerprint density at radius 3 is 2.52 bits per heavy atom. The summed E-state index contributed by atoms with van der Waals surface area (Å²) in [6.07, 6.45) is 0. The van der Waals surface area contributed by atoms with Crippen LogP contribution in [-0.2, 0) is 6.54 Å². The summed E-state index contributed by atoms with van der Waals surface area (Å²) in [7, 11) is 3.29. The number of nitrogens with zero attached hydrogens (tertiary/aromatic N) is 1. The van der Waals surface area contributed by atoms with Crippen LogP contribution in [0.2, 0.25) is 0 Å². The zero-order valence-electron chi connectivity index (χ0n) is 11.8. The maximum Gasteiger partial charge on any atom is 0.255 e. The van der Waals surface area contributed by atoms with Crippen molar-refractivity contribution in [3.8, 4) is 5.75 Å². The Balaban J connectivity index is 2.13. The highest BCUT2D eigenvalue weighted by atomic mass is 79.9. The van der Waals surface area contributed by atoms with Crippen molar-refractivity contribution in [1.82, 2.24) is 4.90 Å². The molecule has 3 nitrogen and oxygen atoms in total. The highest BCUT2D eigenvalue weighted by Gasteiger charge is 2.17. The van der Waals surface area contributed by atoms with Crippen LogP contribution in [-0.4, -0.2) is 25.0 Å². The topological polar surface area (TPSA) is 29.5 Å². The first-order valence-electron chi connectivity index (χ1n) is 6.35. The van der Waals surface area contributed by atoms with Gasteiger partial charge in [0.15, 0.2) is 0 Å². The lowest BCUT2D eigenvalue weighted by Gasteiger charge is -2.18. The molecule has 0 radical (unpaired) electrons. The molecule has 110 valence electrons. The van der Waals surface area contributed by atoms with Crippen molar-refractivity contribution in [2.45, 2.75) is 6.54 Å². The Morgan fingerprint density at radius 1 is 1.24 bits per heavy atom. The van der Waals surface area contributed by atoms with Gasteiger partial charge in [0.2, 0.25) is 0 Å². The second-order valence-corrected chi connectivity index (χ2v) is 5.40. The van der Waals surface area contributed by atoms with Gasteiger partial charge in [-0.1, -0.05) is 18.2 Å². The standard InChI is InChI=1S/C16H15BrFNO2/c1-19(10-11-6-8-12(21-2)9-7-11)16(20)13-4-3-5-14(18)15(13)17/h3-9H,10H2,1-2H3. The first-order chi connectivity index (χ1) is 10.0. The summed E-state index contributed by atoms with van der Waals surface area (Å²) >= 11 is 3.11. The molecule has 0 aliphatic rings. The number of amides is 1. The van der Waals surface area contributed by atoms with Crippen molar-refractivity contribution in [1.29, 1.82) is 0 Å². The highest BCUT2D eigenvalue weighted by Crippen LogP contribution is 2.22. The lowest BCUT2D eigenvalue weighted by atomic mass is 10.1. The zero-order valence-corrected chi connectivity index (χ0v) is 13.4. The number of ether oxygens (including phenoxy) is 1. The molecule has 0 bridgehead atoms. The third-order valence-electron chi connectivity index (χ3n) is 3.11. The molecule has 1 amide bonds. The van der Waals surface area contributed by atoms with Gasteiger partial charge < -0.3 is 9.64 Å². The smallest absolute Gasteiger partial charge is 0.255 e. The molecular formula is C16H15BrFNO2. The fraction of sp³-hybridized carbons (Fsp3) is 0.188. The lowest BCUT2D eigenvalue weighted by molar-refractivity contribution is 0.0783. The molecule has 0 heterocycles. The Kier molecular flexibility index (Phi) is 4.96. The van der Waals surface area contributed by atoms with Gasteiger partial charge in [0.25, 0.3) is 5.91 Å². The second kappa shape index (κ2) is 6.72. The minimum Gasteiger partial charge on any atom is -0.497 e. The fourth-order valence-electron chi connectivity index (χ4n) is 1.95. The fourth-order valence-corrected chi connectivity index (χ4v) is 2.39. The summed E-state index contributed by atoms with van der Waals surface area (Å²) in [6.45, 7) is 0.436. The summed E-state index contributed by atoms with van der Waals surface area (Å²) in [4.78, 5) is 13.9. The minimum atomic E-state index is -0.446. The van der Waals surface area contributed by atoms with Crippen LogP contribution in [0.5, 0.6) is 5.75 Å². The van der Waals surface area contributed by atoms with E-state index in [0.29, 0.717) is 12.1 Å². The number of carbonyl (C=O) groups excluding carboxylic acids is 1. The van der Waals surface area contributed by atoms with Gasteiger partial charge in [-0.2, -0.15) is 0 Å². The third-order valence-corrected chi connectivity index (χ3v) is 3.91. The van der Waals surface area contributed by atoms with E-state index in [9.17, 15) is 9.18 Å². The number of carbonyl (C=O) groups is 1. The molecule has 0 aromatic heterocycles. The largest absolute Gasteiger partial charge is 0.497 e. The predicted octanol–water partition coefficient (Wildman–Crippen LogP) is 3.87. The minimum absolute atomic E-state index is 0.191. The van der Waals surface area contributed by atoms with Crippen molar-refractivity contribution in [3.05, 3.63) is 63.9 Å². The van der Waals surface area contributed by atoms with E-state index in [0.717, 1.165) is 11.3 Å². The van der Waals surface area contributed by atoms with E-state index in [1.807, 2.05) is 24.3 Å². The van der Waals surface area contributed by atoms with Crippen LogP contribution in [0.4, 0.5) is 4.39 Å². The lowest BCUT2D eigenvalue weighted by Crippen LogP contribution is -2.26. The van der Waals surface area contributed by atoms with Crippen LogP contribution in [0.25, 0.3) is 0 Å². The van der Waals surface area contributed by atoms with E-state index < -0.39 is 5.82 Å². The molecule has 0 saturated carbocycles. The van der Waals surface area contributed by atoms with E-state index >= 15 is 0 Å². The van der Waals surface area contributed by atoms with Crippen molar-refractivity contribution in [2.75, 3.05) is 14.2 Å². The Bertz CT molecular complexity index is 643. The molecule has 0 unspecified atom stereocenters. The average Bonchev–Trinajstić information content (AvgIpc) is 2.50. The number of hydrogen-bond acceptors (Lipinski definition) is 2. The van der Waals surface area contributed by atoms with Gasteiger partial charge >= 0.3 is 0 Å². The Morgan fingerprint density at radius 2 is 1.90 bits per heavy atom. The molecule has 2 rings (SSSR count). The summed E-state index contributed by atoms with van der Waals surface area (Å²) in [6, 6.07) is 11.9. The number of hydrogen-bond donors (Lipinski definition) is 0. The van der Waals surface area contributed by atoms with Gasteiger partial charge in [-0.3, -0.25) is 4.79 Å². The normalized spacial score (nSPS) is 10.3. The Labute approximate surface area is 131 Å². The van der Waals surface area contributed by atoms with Gasteiger partial charge in [-0.15, -0.1) is 0 Å². The summed E-state index contributed by atoms with van der Waals surface area (Å²) in [5.74, 6) is 0.0801. The molecule has 0 fully saturated rings.